The molecule has 10 heteroatoms. The number of hydrogen-bond donors (Lipinski definition) is 0. The van der Waals surface area contributed by atoms with Crippen LogP contribution < -0.4 is 10.6 Å². The minimum absolute atomic E-state index is 0.0227. The van der Waals surface area contributed by atoms with Gasteiger partial charge in [0.2, 0.25) is 5.95 Å². The zero-order chi connectivity index (χ0) is 23.9. The number of aryl methyl sites for hydroxylation is 2. The van der Waals surface area contributed by atoms with Crippen LogP contribution in [-0.4, -0.2) is 27.6 Å². The largest absolute Gasteiger partial charge is 0.425 e. The second-order valence-electron chi connectivity index (χ2n) is 8.13. The van der Waals surface area contributed by atoms with Crippen LogP contribution in [0.5, 0.6) is 0 Å². The van der Waals surface area contributed by atoms with Gasteiger partial charge in [-0.2, -0.15) is 23.1 Å². The van der Waals surface area contributed by atoms with Crippen LogP contribution in [0.4, 0.5) is 23.5 Å². The van der Waals surface area contributed by atoms with Crippen LogP contribution in [0, 0.1) is 25.6 Å². The van der Waals surface area contributed by atoms with E-state index in [9.17, 15) is 22.4 Å². The van der Waals surface area contributed by atoms with Gasteiger partial charge in [-0.05, 0) is 54.7 Å². The van der Waals surface area contributed by atoms with Crippen LogP contribution in [-0.2, 0) is 12.7 Å². The Labute approximate surface area is 192 Å². The highest BCUT2D eigenvalue weighted by atomic mass is 32.1. The van der Waals surface area contributed by atoms with Gasteiger partial charge in [0.25, 0.3) is 0 Å². The SMILES string of the molecule is Cc1ccc(C2=CCN(c3nc(C)n(Cc4ccc(C(F)(F)F)s4)c(=O)n3)C[C@@H]2C)cc1F. The predicted octanol–water partition coefficient (Wildman–Crippen LogP) is 5.06. The molecule has 4 rings (SSSR count). The molecule has 0 fully saturated rings. The third kappa shape index (κ3) is 4.85. The molecule has 0 N–H and O–H groups in total. The van der Waals surface area contributed by atoms with Crippen molar-refractivity contribution in [2.75, 3.05) is 18.0 Å². The Morgan fingerprint density at radius 2 is 1.91 bits per heavy atom. The van der Waals surface area contributed by atoms with Crippen LogP contribution >= 0.6 is 11.3 Å². The lowest BCUT2D eigenvalue weighted by Gasteiger charge is -2.31. The van der Waals surface area contributed by atoms with Gasteiger partial charge >= 0.3 is 11.9 Å². The molecular weight excluding hydrogens is 456 g/mol. The van der Waals surface area contributed by atoms with E-state index in [2.05, 4.69) is 9.97 Å². The molecule has 1 aliphatic heterocycles. The summed E-state index contributed by atoms with van der Waals surface area (Å²) in [5, 5.41) is 0. The number of thiophene rings is 1. The maximum Gasteiger partial charge on any atom is 0.425 e. The van der Waals surface area contributed by atoms with Crippen LogP contribution in [0.25, 0.3) is 5.57 Å². The smallest absolute Gasteiger partial charge is 0.336 e. The average Bonchev–Trinajstić information content (AvgIpc) is 3.22. The number of benzene rings is 1. The van der Waals surface area contributed by atoms with Gasteiger partial charge in [0.15, 0.2) is 0 Å². The molecule has 1 aromatic carbocycles. The van der Waals surface area contributed by atoms with Gasteiger partial charge in [-0.15, -0.1) is 11.3 Å². The third-order valence-electron chi connectivity index (χ3n) is 5.68. The number of halogens is 4. The summed E-state index contributed by atoms with van der Waals surface area (Å²) < 4.78 is 53.8. The monoisotopic (exact) mass is 478 g/mol. The lowest BCUT2D eigenvalue weighted by Crippen LogP contribution is -2.37. The second kappa shape index (κ2) is 8.74. The normalized spacial score (nSPS) is 16.8. The first-order valence-corrected chi connectivity index (χ1v) is 11.2. The lowest BCUT2D eigenvalue weighted by molar-refractivity contribution is -0.134. The van der Waals surface area contributed by atoms with Gasteiger partial charge in [0.1, 0.15) is 16.5 Å². The van der Waals surface area contributed by atoms with Crippen molar-refractivity contribution in [2.24, 2.45) is 5.92 Å². The highest BCUT2D eigenvalue weighted by Crippen LogP contribution is 2.35. The van der Waals surface area contributed by atoms with Crippen LogP contribution in [0.1, 0.15) is 33.6 Å². The fourth-order valence-corrected chi connectivity index (χ4v) is 4.72. The van der Waals surface area contributed by atoms with E-state index in [0.29, 0.717) is 40.7 Å². The van der Waals surface area contributed by atoms with Crippen molar-refractivity contribution in [3.8, 4) is 0 Å². The zero-order valence-corrected chi connectivity index (χ0v) is 19.1. The van der Waals surface area contributed by atoms with E-state index < -0.39 is 16.7 Å². The van der Waals surface area contributed by atoms with Crippen LogP contribution in [0.15, 0.2) is 41.2 Å². The molecule has 0 bridgehead atoms. The molecule has 3 heterocycles. The highest BCUT2D eigenvalue weighted by molar-refractivity contribution is 7.12. The molecule has 0 unspecified atom stereocenters. The zero-order valence-electron chi connectivity index (χ0n) is 18.3. The number of hydrogen-bond acceptors (Lipinski definition) is 5. The van der Waals surface area contributed by atoms with Crippen molar-refractivity contribution < 1.29 is 17.6 Å². The van der Waals surface area contributed by atoms with Gasteiger partial charge in [-0.25, -0.2) is 9.18 Å². The number of rotatable bonds is 4. The Balaban J connectivity index is 1.55. The summed E-state index contributed by atoms with van der Waals surface area (Å²) in [6, 6.07) is 7.55. The van der Waals surface area contributed by atoms with Gasteiger partial charge in [-0.1, -0.05) is 25.1 Å². The summed E-state index contributed by atoms with van der Waals surface area (Å²) >= 11 is 0.599. The van der Waals surface area contributed by atoms with Crippen molar-refractivity contribution in [2.45, 2.75) is 33.5 Å². The first kappa shape index (κ1) is 23.2. The fourth-order valence-electron chi connectivity index (χ4n) is 3.86. The Hall–Kier alpha value is -3.01. The molecule has 0 radical (unpaired) electrons. The van der Waals surface area contributed by atoms with E-state index in [-0.39, 0.29) is 24.2 Å². The minimum Gasteiger partial charge on any atom is -0.336 e. The first-order valence-electron chi connectivity index (χ1n) is 10.4. The quantitative estimate of drug-likeness (QED) is 0.492. The molecular formula is C23H22F4N4OS. The van der Waals surface area contributed by atoms with Crippen molar-refractivity contribution in [3.63, 3.8) is 0 Å². The number of nitrogens with zero attached hydrogens (tertiary/aromatic N) is 4. The molecule has 3 aromatic rings. The first-order chi connectivity index (χ1) is 15.5. The van der Waals surface area contributed by atoms with E-state index in [0.717, 1.165) is 17.2 Å². The molecule has 0 aliphatic carbocycles. The van der Waals surface area contributed by atoms with Gasteiger partial charge < -0.3 is 4.90 Å². The van der Waals surface area contributed by atoms with Crippen LogP contribution in [0.2, 0.25) is 0 Å². The van der Waals surface area contributed by atoms with Crippen molar-refractivity contribution >= 4 is 22.9 Å². The lowest BCUT2D eigenvalue weighted by atomic mass is 9.90. The predicted molar refractivity (Wildman–Crippen MR) is 120 cm³/mol. The molecule has 33 heavy (non-hydrogen) atoms. The van der Waals surface area contributed by atoms with Crippen molar-refractivity contribution in [3.05, 3.63) is 79.4 Å². The molecule has 174 valence electrons. The molecule has 0 spiro atoms. The van der Waals surface area contributed by atoms with E-state index in [1.165, 1.54) is 16.7 Å². The Kier molecular flexibility index (Phi) is 6.13. The molecule has 1 aliphatic rings. The maximum absolute atomic E-state index is 14.0. The topological polar surface area (TPSA) is 51.0 Å². The van der Waals surface area contributed by atoms with Crippen LogP contribution in [0.3, 0.4) is 0 Å². The molecule has 2 aromatic heterocycles. The van der Waals surface area contributed by atoms with Gasteiger partial charge in [0.05, 0.1) is 6.54 Å². The summed E-state index contributed by atoms with van der Waals surface area (Å²) in [4.78, 5) is 22.7. The standard InChI is InChI=1S/C23H22F4N4OS/c1-13-4-5-16(10-19(13)24)18-8-9-30(11-14(18)2)21-28-15(3)31(22(32)29-21)12-17-6-7-20(33-17)23(25,26)27/h4-8,10,14H,9,11-12H2,1-3H3/t14-/m0/s1. The summed E-state index contributed by atoms with van der Waals surface area (Å²) in [6.45, 7) is 6.34. The average molecular weight is 479 g/mol. The highest BCUT2D eigenvalue weighted by Gasteiger charge is 2.32. The number of aromatic nitrogens is 3. The Bertz CT molecular complexity index is 1280. The summed E-state index contributed by atoms with van der Waals surface area (Å²) in [5.74, 6) is 0.445. The van der Waals surface area contributed by atoms with Gasteiger partial charge in [0, 0.05) is 18.0 Å². The van der Waals surface area contributed by atoms with E-state index in [4.69, 9.17) is 0 Å². The summed E-state index contributed by atoms with van der Waals surface area (Å²) in [6.07, 6.45) is -2.43. The molecule has 0 saturated carbocycles. The third-order valence-corrected chi connectivity index (χ3v) is 6.79. The van der Waals surface area contributed by atoms with Crippen molar-refractivity contribution in [1.82, 2.24) is 14.5 Å². The maximum atomic E-state index is 14.0. The fraction of sp³-hybridized carbons (Fsp3) is 0.348. The molecule has 1 atom stereocenters. The molecule has 0 saturated heterocycles. The van der Waals surface area contributed by atoms with E-state index in [1.54, 1.807) is 19.9 Å². The van der Waals surface area contributed by atoms with E-state index in [1.807, 2.05) is 24.0 Å². The molecule has 5 nitrogen and oxygen atoms in total. The number of alkyl halides is 3. The number of anilines is 1. The van der Waals surface area contributed by atoms with E-state index >= 15 is 0 Å². The van der Waals surface area contributed by atoms with Gasteiger partial charge in [-0.3, -0.25) is 4.57 Å². The molecule has 0 amide bonds. The Morgan fingerprint density at radius 1 is 1.15 bits per heavy atom. The summed E-state index contributed by atoms with van der Waals surface area (Å²) in [5.41, 5.74) is 1.87. The van der Waals surface area contributed by atoms with Crippen molar-refractivity contribution in [1.29, 1.82) is 0 Å². The Morgan fingerprint density at radius 3 is 2.52 bits per heavy atom. The second-order valence-corrected chi connectivity index (χ2v) is 9.30. The summed E-state index contributed by atoms with van der Waals surface area (Å²) in [7, 11) is 0. The minimum atomic E-state index is -4.41.